The maximum Gasteiger partial charge on any atom is 0.309 e. The molecule has 0 atom stereocenters. The van der Waals surface area contributed by atoms with Crippen molar-refractivity contribution < 1.29 is 13.9 Å². The molecule has 16 heavy (non-hydrogen) atoms. The second kappa shape index (κ2) is 4.31. The topological polar surface area (TPSA) is 26.3 Å². The summed E-state index contributed by atoms with van der Waals surface area (Å²) in [7, 11) is 1.34. The summed E-state index contributed by atoms with van der Waals surface area (Å²) in [5.74, 6) is -0.596. The Morgan fingerprint density at radius 2 is 1.88 bits per heavy atom. The van der Waals surface area contributed by atoms with E-state index in [4.69, 9.17) is 0 Å². The lowest BCUT2D eigenvalue weighted by Gasteiger charge is -2.06. The molecule has 2 aromatic carbocycles. The smallest absolute Gasteiger partial charge is 0.309 e. The fourth-order valence-corrected chi connectivity index (χ4v) is 1.71. The van der Waals surface area contributed by atoms with Gasteiger partial charge in [-0.25, -0.2) is 4.39 Å². The van der Waals surface area contributed by atoms with E-state index in [0.29, 0.717) is 5.39 Å². The van der Waals surface area contributed by atoms with Crippen molar-refractivity contribution in [3.05, 3.63) is 47.8 Å². The van der Waals surface area contributed by atoms with Crippen molar-refractivity contribution >= 4 is 16.7 Å². The quantitative estimate of drug-likeness (QED) is 0.724. The summed E-state index contributed by atoms with van der Waals surface area (Å²) < 4.78 is 18.1. The molecular weight excluding hydrogens is 207 g/mol. The molecule has 0 radical (unpaired) electrons. The highest BCUT2D eigenvalue weighted by Crippen LogP contribution is 2.22. The Labute approximate surface area is 92.6 Å². The van der Waals surface area contributed by atoms with Crippen LogP contribution in [-0.4, -0.2) is 13.1 Å². The maximum absolute atomic E-state index is 13.5. The number of hydrogen-bond acceptors (Lipinski definition) is 2. The number of fused-ring (bicyclic) bond motifs is 1. The molecule has 0 N–H and O–H groups in total. The van der Waals surface area contributed by atoms with Crippen molar-refractivity contribution in [1.82, 2.24) is 0 Å². The molecule has 0 aliphatic heterocycles. The molecule has 0 saturated heterocycles. The fourth-order valence-electron chi connectivity index (χ4n) is 1.71. The molecule has 82 valence electrons. The van der Waals surface area contributed by atoms with Gasteiger partial charge in [-0.3, -0.25) is 4.79 Å². The predicted molar refractivity (Wildman–Crippen MR) is 59.6 cm³/mol. The second-order valence-corrected chi connectivity index (χ2v) is 3.51. The lowest BCUT2D eigenvalue weighted by Crippen LogP contribution is -2.05. The number of rotatable bonds is 2. The largest absolute Gasteiger partial charge is 0.469 e. The summed E-state index contributed by atoms with van der Waals surface area (Å²) in [6.07, 6.45) is 0.164. The number of halogens is 1. The maximum atomic E-state index is 13.5. The van der Waals surface area contributed by atoms with Crippen molar-refractivity contribution in [2.75, 3.05) is 7.11 Å². The van der Waals surface area contributed by atoms with Crippen LogP contribution in [0.2, 0.25) is 0 Å². The molecule has 0 heterocycles. The van der Waals surface area contributed by atoms with Crippen LogP contribution in [0, 0.1) is 5.82 Å². The first-order chi connectivity index (χ1) is 7.72. The molecule has 0 bridgehead atoms. The van der Waals surface area contributed by atoms with Gasteiger partial charge in [-0.05, 0) is 17.0 Å². The van der Waals surface area contributed by atoms with E-state index in [0.717, 1.165) is 10.9 Å². The van der Waals surface area contributed by atoms with Gasteiger partial charge in [0, 0.05) is 5.39 Å². The lowest BCUT2D eigenvalue weighted by atomic mass is 10.0. The van der Waals surface area contributed by atoms with E-state index in [1.54, 1.807) is 24.3 Å². The molecule has 0 saturated carbocycles. The molecule has 0 aromatic heterocycles. The van der Waals surface area contributed by atoms with Gasteiger partial charge in [-0.2, -0.15) is 0 Å². The van der Waals surface area contributed by atoms with E-state index in [1.165, 1.54) is 13.2 Å². The Morgan fingerprint density at radius 1 is 1.19 bits per heavy atom. The fraction of sp³-hybridized carbons (Fsp3) is 0.154. The molecular formula is C13H11FO2. The monoisotopic (exact) mass is 218 g/mol. The average molecular weight is 218 g/mol. The average Bonchev–Trinajstić information content (AvgIpc) is 2.33. The minimum absolute atomic E-state index is 0.164. The number of benzene rings is 2. The van der Waals surface area contributed by atoms with Gasteiger partial charge in [0.05, 0.1) is 13.5 Å². The number of hydrogen-bond donors (Lipinski definition) is 0. The van der Waals surface area contributed by atoms with Gasteiger partial charge in [-0.1, -0.05) is 30.3 Å². The number of carbonyl (C=O) groups excluding carboxylic acids is 1. The van der Waals surface area contributed by atoms with E-state index < -0.39 is 0 Å². The summed E-state index contributed by atoms with van der Waals surface area (Å²) in [6, 6.07) is 10.1. The molecule has 0 spiro atoms. The van der Waals surface area contributed by atoms with Gasteiger partial charge in [0.2, 0.25) is 0 Å². The Balaban J connectivity index is 2.54. The summed E-state index contributed by atoms with van der Waals surface area (Å²) in [6.45, 7) is 0. The Hall–Kier alpha value is -1.90. The van der Waals surface area contributed by atoms with Gasteiger partial charge < -0.3 is 4.74 Å². The Bertz CT molecular complexity index is 534. The van der Waals surface area contributed by atoms with Gasteiger partial charge in [-0.15, -0.1) is 0 Å². The van der Waals surface area contributed by atoms with Crippen molar-refractivity contribution in [2.24, 2.45) is 0 Å². The molecule has 2 rings (SSSR count). The van der Waals surface area contributed by atoms with Crippen molar-refractivity contribution in [3.63, 3.8) is 0 Å². The van der Waals surface area contributed by atoms with Crippen LogP contribution in [0.5, 0.6) is 0 Å². The molecule has 3 heteroatoms. The summed E-state index contributed by atoms with van der Waals surface area (Å²) in [4.78, 5) is 11.2. The van der Waals surface area contributed by atoms with Crippen LogP contribution in [0.1, 0.15) is 5.56 Å². The van der Waals surface area contributed by atoms with Crippen LogP contribution in [0.3, 0.4) is 0 Å². The lowest BCUT2D eigenvalue weighted by molar-refractivity contribution is -0.139. The van der Waals surface area contributed by atoms with E-state index in [2.05, 4.69) is 4.74 Å². The standard InChI is InChI=1S/C13H11FO2/c1-16-13(15)8-9-6-7-12(14)11-5-3-2-4-10(9)11/h2-7H,8H2,1H3. The molecule has 2 nitrogen and oxygen atoms in total. The van der Waals surface area contributed by atoms with Crippen LogP contribution in [-0.2, 0) is 16.0 Å². The predicted octanol–water partition coefficient (Wildman–Crippen LogP) is 2.69. The van der Waals surface area contributed by atoms with Gasteiger partial charge in [0.1, 0.15) is 5.82 Å². The molecule has 0 aliphatic carbocycles. The zero-order valence-electron chi connectivity index (χ0n) is 8.87. The first-order valence-electron chi connectivity index (χ1n) is 4.95. The zero-order chi connectivity index (χ0) is 11.5. The van der Waals surface area contributed by atoms with Crippen molar-refractivity contribution in [3.8, 4) is 0 Å². The third kappa shape index (κ3) is 1.89. The molecule has 0 aliphatic rings. The second-order valence-electron chi connectivity index (χ2n) is 3.51. The van der Waals surface area contributed by atoms with E-state index >= 15 is 0 Å². The third-order valence-electron chi connectivity index (χ3n) is 2.52. The van der Waals surface area contributed by atoms with Crippen LogP contribution in [0.4, 0.5) is 4.39 Å². The normalized spacial score (nSPS) is 10.4. The summed E-state index contributed by atoms with van der Waals surface area (Å²) in [5.41, 5.74) is 0.781. The molecule has 2 aromatic rings. The molecule has 0 fully saturated rings. The first kappa shape index (κ1) is 10.6. The highest BCUT2D eigenvalue weighted by Gasteiger charge is 2.08. The summed E-state index contributed by atoms with van der Waals surface area (Å²) in [5, 5.41) is 1.29. The molecule has 0 unspecified atom stereocenters. The highest BCUT2D eigenvalue weighted by molar-refractivity contribution is 5.89. The van der Waals surface area contributed by atoms with Crippen LogP contribution < -0.4 is 0 Å². The SMILES string of the molecule is COC(=O)Cc1ccc(F)c2ccccc12. The number of esters is 1. The number of methoxy groups -OCH3 is 1. The number of carbonyl (C=O) groups is 1. The molecule has 0 amide bonds. The minimum atomic E-state index is -0.322. The summed E-state index contributed by atoms with van der Waals surface area (Å²) >= 11 is 0. The zero-order valence-corrected chi connectivity index (χ0v) is 8.87. The van der Waals surface area contributed by atoms with Crippen LogP contribution >= 0.6 is 0 Å². The van der Waals surface area contributed by atoms with Gasteiger partial charge in [0.25, 0.3) is 0 Å². The van der Waals surface area contributed by atoms with Gasteiger partial charge in [0.15, 0.2) is 0 Å². The third-order valence-corrected chi connectivity index (χ3v) is 2.52. The Morgan fingerprint density at radius 3 is 2.56 bits per heavy atom. The van der Waals surface area contributed by atoms with Crippen LogP contribution in [0.25, 0.3) is 10.8 Å². The highest BCUT2D eigenvalue weighted by atomic mass is 19.1. The van der Waals surface area contributed by atoms with Gasteiger partial charge >= 0.3 is 5.97 Å². The van der Waals surface area contributed by atoms with Crippen LogP contribution in [0.15, 0.2) is 36.4 Å². The van der Waals surface area contributed by atoms with E-state index in [9.17, 15) is 9.18 Å². The Kier molecular flexibility index (Phi) is 2.86. The van der Waals surface area contributed by atoms with Crippen molar-refractivity contribution in [1.29, 1.82) is 0 Å². The van der Waals surface area contributed by atoms with E-state index in [-0.39, 0.29) is 18.2 Å². The number of ether oxygens (including phenoxy) is 1. The minimum Gasteiger partial charge on any atom is -0.469 e. The van der Waals surface area contributed by atoms with Crippen molar-refractivity contribution in [2.45, 2.75) is 6.42 Å². The first-order valence-corrected chi connectivity index (χ1v) is 4.95. The van der Waals surface area contributed by atoms with E-state index in [1.807, 2.05) is 6.07 Å².